The minimum atomic E-state index is 0. The first-order valence-corrected chi connectivity index (χ1v) is 5.89. The zero-order valence-electron chi connectivity index (χ0n) is 10.0. The predicted molar refractivity (Wildman–Crippen MR) is 78.2 cm³/mol. The number of hydrogen-bond acceptors (Lipinski definition) is 2. The van der Waals surface area contributed by atoms with Crippen LogP contribution in [0, 0.1) is 0 Å². The summed E-state index contributed by atoms with van der Waals surface area (Å²) in [5.74, 6) is 0. The van der Waals surface area contributed by atoms with Crippen LogP contribution < -0.4 is 5.73 Å². The summed E-state index contributed by atoms with van der Waals surface area (Å²) in [5, 5.41) is 0. The third-order valence-corrected chi connectivity index (χ3v) is 3.13. The summed E-state index contributed by atoms with van der Waals surface area (Å²) in [4.78, 5) is 2.49. The van der Waals surface area contributed by atoms with Crippen LogP contribution in [0.1, 0.15) is 30.9 Å². The van der Waals surface area contributed by atoms with Gasteiger partial charge >= 0.3 is 0 Å². The van der Waals surface area contributed by atoms with Crippen molar-refractivity contribution in [3.05, 3.63) is 35.9 Å². The van der Waals surface area contributed by atoms with Crippen molar-refractivity contribution < 1.29 is 0 Å². The molecule has 1 aromatic carbocycles. The number of piperidine rings is 1. The fourth-order valence-electron chi connectivity index (χ4n) is 2.23. The van der Waals surface area contributed by atoms with Gasteiger partial charge in [-0.2, -0.15) is 0 Å². The molecule has 2 N–H and O–H groups in total. The van der Waals surface area contributed by atoms with Gasteiger partial charge in [0.2, 0.25) is 0 Å². The lowest BCUT2D eigenvalue weighted by molar-refractivity contribution is 0.216. The van der Waals surface area contributed by atoms with Gasteiger partial charge in [0.25, 0.3) is 0 Å². The molecule has 0 bridgehead atoms. The Morgan fingerprint density at radius 1 is 1.00 bits per heavy atom. The van der Waals surface area contributed by atoms with Crippen LogP contribution >= 0.6 is 24.8 Å². The van der Waals surface area contributed by atoms with Gasteiger partial charge in [-0.1, -0.05) is 36.8 Å². The third kappa shape index (κ3) is 5.26. The van der Waals surface area contributed by atoms with Gasteiger partial charge in [0.05, 0.1) is 0 Å². The molecule has 0 amide bonds. The molecule has 98 valence electrons. The van der Waals surface area contributed by atoms with Gasteiger partial charge in [0, 0.05) is 12.6 Å². The van der Waals surface area contributed by atoms with E-state index in [1.54, 1.807) is 0 Å². The second kappa shape index (κ2) is 8.76. The van der Waals surface area contributed by atoms with Crippen LogP contribution in [0.15, 0.2) is 30.3 Å². The third-order valence-electron chi connectivity index (χ3n) is 3.13. The highest BCUT2D eigenvalue weighted by Gasteiger charge is 2.14. The zero-order chi connectivity index (χ0) is 10.5. The number of likely N-dealkylation sites (tertiary alicyclic amines) is 1. The maximum absolute atomic E-state index is 6.18. The van der Waals surface area contributed by atoms with Crippen molar-refractivity contribution in [2.24, 2.45) is 5.73 Å². The van der Waals surface area contributed by atoms with E-state index in [4.69, 9.17) is 5.73 Å². The Morgan fingerprint density at radius 2 is 1.59 bits per heavy atom. The van der Waals surface area contributed by atoms with Gasteiger partial charge in [-0.05, 0) is 31.5 Å². The van der Waals surface area contributed by atoms with Crippen LogP contribution in [0.4, 0.5) is 0 Å². The summed E-state index contributed by atoms with van der Waals surface area (Å²) in [6.45, 7) is 3.45. The topological polar surface area (TPSA) is 29.3 Å². The van der Waals surface area contributed by atoms with Crippen molar-refractivity contribution in [3.8, 4) is 0 Å². The Balaban J connectivity index is 0.00000128. The van der Waals surface area contributed by atoms with E-state index in [1.165, 1.54) is 37.9 Å². The monoisotopic (exact) mass is 276 g/mol. The molecular weight excluding hydrogens is 255 g/mol. The van der Waals surface area contributed by atoms with E-state index in [9.17, 15) is 0 Å². The Kier molecular flexibility index (Phi) is 8.61. The van der Waals surface area contributed by atoms with E-state index in [0.717, 1.165) is 6.54 Å². The molecule has 1 aliphatic rings. The minimum Gasteiger partial charge on any atom is -0.323 e. The van der Waals surface area contributed by atoms with E-state index >= 15 is 0 Å². The van der Waals surface area contributed by atoms with Gasteiger partial charge in [0.1, 0.15) is 0 Å². The summed E-state index contributed by atoms with van der Waals surface area (Å²) < 4.78 is 0. The largest absolute Gasteiger partial charge is 0.323 e. The highest BCUT2D eigenvalue weighted by atomic mass is 35.5. The molecule has 1 atom stereocenters. The zero-order valence-corrected chi connectivity index (χ0v) is 11.7. The summed E-state index contributed by atoms with van der Waals surface area (Å²) >= 11 is 0. The Hall–Kier alpha value is -0.280. The first kappa shape index (κ1) is 16.7. The Bertz CT molecular complexity index is 287. The molecule has 0 saturated carbocycles. The van der Waals surface area contributed by atoms with Crippen molar-refractivity contribution in [1.82, 2.24) is 4.90 Å². The highest BCUT2D eigenvalue weighted by molar-refractivity contribution is 5.85. The molecule has 0 unspecified atom stereocenters. The molecule has 0 aromatic heterocycles. The second-order valence-electron chi connectivity index (χ2n) is 4.38. The number of hydrogen-bond donors (Lipinski definition) is 1. The maximum atomic E-state index is 6.18. The molecule has 1 aliphatic heterocycles. The lowest BCUT2D eigenvalue weighted by atomic mass is 10.1. The molecule has 2 nitrogen and oxygen atoms in total. The number of halogens is 2. The Labute approximate surface area is 116 Å². The molecule has 0 radical (unpaired) electrons. The van der Waals surface area contributed by atoms with Gasteiger partial charge in [-0.25, -0.2) is 0 Å². The molecular formula is C13H22Cl2N2. The van der Waals surface area contributed by atoms with Crippen molar-refractivity contribution >= 4 is 24.8 Å². The highest BCUT2D eigenvalue weighted by Crippen LogP contribution is 2.15. The van der Waals surface area contributed by atoms with E-state index in [-0.39, 0.29) is 30.9 Å². The predicted octanol–water partition coefficient (Wildman–Crippen LogP) is 3.02. The molecule has 1 saturated heterocycles. The molecule has 1 fully saturated rings. The van der Waals surface area contributed by atoms with Gasteiger partial charge in [0.15, 0.2) is 0 Å². The minimum absolute atomic E-state index is 0. The lowest BCUT2D eigenvalue weighted by Crippen LogP contribution is -2.36. The number of nitrogens with zero attached hydrogens (tertiary/aromatic N) is 1. The lowest BCUT2D eigenvalue weighted by Gasteiger charge is -2.29. The van der Waals surface area contributed by atoms with Crippen molar-refractivity contribution in [3.63, 3.8) is 0 Å². The Morgan fingerprint density at radius 3 is 2.18 bits per heavy atom. The molecule has 1 heterocycles. The van der Waals surface area contributed by atoms with Crippen LogP contribution in [-0.2, 0) is 0 Å². The quantitative estimate of drug-likeness (QED) is 0.920. The first-order chi connectivity index (χ1) is 7.36. The first-order valence-electron chi connectivity index (χ1n) is 5.89. The molecule has 17 heavy (non-hydrogen) atoms. The SMILES string of the molecule is Cl.Cl.N[C@@H](CN1CCCCC1)c1ccccc1. The van der Waals surface area contributed by atoms with Crippen molar-refractivity contribution in [2.45, 2.75) is 25.3 Å². The molecule has 2 rings (SSSR count). The second-order valence-corrected chi connectivity index (χ2v) is 4.38. The summed E-state index contributed by atoms with van der Waals surface area (Å²) in [6.07, 6.45) is 4.06. The van der Waals surface area contributed by atoms with Gasteiger partial charge in [-0.3, -0.25) is 0 Å². The van der Waals surface area contributed by atoms with E-state index in [0.29, 0.717) is 0 Å². The maximum Gasteiger partial charge on any atom is 0.0424 e. The summed E-state index contributed by atoms with van der Waals surface area (Å²) in [6, 6.07) is 10.6. The average molecular weight is 277 g/mol. The molecule has 4 heteroatoms. The van der Waals surface area contributed by atoms with E-state index in [1.807, 2.05) is 6.07 Å². The van der Waals surface area contributed by atoms with Crippen LogP contribution in [0.3, 0.4) is 0 Å². The number of benzene rings is 1. The fourth-order valence-corrected chi connectivity index (χ4v) is 2.23. The van der Waals surface area contributed by atoms with Crippen LogP contribution in [-0.4, -0.2) is 24.5 Å². The molecule has 1 aromatic rings. The van der Waals surface area contributed by atoms with Gasteiger partial charge in [-0.15, -0.1) is 24.8 Å². The number of nitrogens with two attached hydrogens (primary N) is 1. The normalized spacial score (nSPS) is 17.7. The van der Waals surface area contributed by atoms with Gasteiger partial charge < -0.3 is 10.6 Å². The van der Waals surface area contributed by atoms with Crippen LogP contribution in [0.5, 0.6) is 0 Å². The molecule has 0 spiro atoms. The summed E-state index contributed by atoms with van der Waals surface area (Å²) in [5.41, 5.74) is 7.44. The van der Waals surface area contributed by atoms with E-state index < -0.39 is 0 Å². The van der Waals surface area contributed by atoms with E-state index in [2.05, 4.69) is 29.2 Å². The van der Waals surface area contributed by atoms with Crippen LogP contribution in [0.2, 0.25) is 0 Å². The van der Waals surface area contributed by atoms with Crippen molar-refractivity contribution in [1.29, 1.82) is 0 Å². The fraction of sp³-hybridized carbons (Fsp3) is 0.538. The standard InChI is InChI=1S/C13H20N2.2ClH/c14-13(12-7-3-1-4-8-12)11-15-9-5-2-6-10-15;;/h1,3-4,7-8,13H,2,5-6,9-11,14H2;2*1H/t13-;;/m0../s1. The summed E-state index contributed by atoms with van der Waals surface area (Å²) in [7, 11) is 0. The molecule has 0 aliphatic carbocycles. The smallest absolute Gasteiger partial charge is 0.0424 e. The average Bonchev–Trinajstić information content (AvgIpc) is 2.31. The number of rotatable bonds is 3. The van der Waals surface area contributed by atoms with Crippen molar-refractivity contribution in [2.75, 3.05) is 19.6 Å². The van der Waals surface area contributed by atoms with Crippen LogP contribution in [0.25, 0.3) is 0 Å².